The molecule has 4 unspecified atom stereocenters. The van der Waals surface area contributed by atoms with Crippen LogP contribution in [0.5, 0.6) is 0 Å². The van der Waals surface area contributed by atoms with E-state index < -0.39 is 11.7 Å². The first-order chi connectivity index (χ1) is 13.0. The average molecular weight is 383 g/mol. The number of nitrogens with one attached hydrogen (secondary N) is 1. The van der Waals surface area contributed by atoms with E-state index in [4.69, 9.17) is 9.47 Å². The molecule has 3 aliphatic rings. The van der Waals surface area contributed by atoms with Crippen LogP contribution in [-0.4, -0.2) is 66.6 Å². The minimum Gasteiger partial charge on any atom is -0.465 e. The zero-order valence-electron chi connectivity index (χ0n) is 16.6. The minimum absolute atomic E-state index is 0.144. The number of carbonyl (C=O) groups is 2. The van der Waals surface area contributed by atoms with E-state index in [1.165, 1.54) is 0 Å². The fourth-order valence-corrected chi connectivity index (χ4v) is 5.14. The number of esters is 2. The predicted octanol–water partition coefficient (Wildman–Crippen LogP) is 1.29. The summed E-state index contributed by atoms with van der Waals surface area (Å²) < 4.78 is 10.3. The van der Waals surface area contributed by atoms with Crippen molar-refractivity contribution in [1.29, 1.82) is 0 Å². The molecular weight excluding hydrogens is 348 g/mol. The normalized spacial score (nSPS) is 36.9. The fourth-order valence-electron chi connectivity index (χ4n) is 5.14. The highest BCUT2D eigenvalue weighted by atomic mass is 16.6. The molecule has 0 radical (unpaired) electrons. The predicted molar refractivity (Wildman–Crippen MR) is 99.8 cm³/mol. The van der Waals surface area contributed by atoms with Crippen molar-refractivity contribution in [2.45, 2.75) is 64.1 Å². The summed E-state index contributed by atoms with van der Waals surface area (Å²) in [5, 5.41) is 14.2. The van der Waals surface area contributed by atoms with Gasteiger partial charge in [0.25, 0.3) is 0 Å². The van der Waals surface area contributed by atoms with Crippen molar-refractivity contribution in [3.63, 3.8) is 0 Å². The molecule has 2 heterocycles. The van der Waals surface area contributed by atoms with Gasteiger partial charge in [0.2, 0.25) is 5.72 Å². The van der Waals surface area contributed by atoms with E-state index in [0.717, 1.165) is 51.7 Å². The smallest absolute Gasteiger partial charge is 0.353 e. The van der Waals surface area contributed by atoms with Gasteiger partial charge in [-0.1, -0.05) is 0 Å². The number of nitrogens with zero attached hydrogens (tertiary/aromatic N) is 1. The molecule has 1 aliphatic carbocycles. The van der Waals surface area contributed by atoms with E-state index in [-0.39, 0.29) is 18.6 Å². The molecule has 0 aromatic rings. The largest absolute Gasteiger partial charge is 0.465 e. The topological polar surface area (TPSA) is 88.1 Å². The van der Waals surface area contributed by atoms with Gasteiger partial charge in [0.15, 0.2) is 0 Å². The quantitative estimate of drug-likeness (QED) is 0.669. The molecule has 3 fully saturated rings. The third-order valence-corrected chi connectivity index (χ3v) is 6.54. The number of likely N-dealkylation sites (tertiary alicyclic amines) is 1. The lowest BCUT2D eigenvalue weighted by molar-refractivity contribution is -0.184. The van der Waals surface area contributed by atoms with Crippen LogP contribution in [0, 0.1) is 17.8 Å². The Hall–Kier alpha value is -1.18. The average Bonchev–Trinajstić information content (AvgIpc) is 3.03. The highest BCUT2D eigenvalue weighted by Crippen LogP contribution is 2.40. The van der Waals surface area contributed by atoms with E-state index in [1.807, 2.05) is 11.8 Å². The summed E-state index contributed by atoms with van der Waals surface area (Å²) in [5.41, 5.74) is -1.46. The number of carbonyl (C=O) groups excluding carboxylic acids is 2. The zero-order chi connectivity index (χ0) is 19.4. The lowest BCUT2D eigenvalue weighted by Crippen LogP contribution is -2.54. The van der Waals surface area contributed by atoms with Gasteiger partial charge in [-0.2, -0.15) is 0 Å². The second-order valence-electron chi connectivity index (χ2n) is 8.23. The Morgan fingerprint density at radius 2 is 1.93 bits per heavy atom. The van der Waals surface area contributed by atoms with Gasteiger partial charge in [-0.05, 0) is 70.3 Å². The standard InChI is InChI=1S/C20H34N2O5/c1-3-26-18(23)17-11-16-10-14(6-7-15(16)12-21-17)13-22-9-5-8-20(22,25)19(24)27-4-2/h14-17,21,25H,3-13H2,1-2H3/t14?,15?,16?,17?,20-/m0/s1. The van der Waals surface area contributed by atoms with Gasteiger partial charge >= 0.3 is 11.9 Å². The van der Waals surface area contributed by atoms with Crippen LogP contribution in [-0.2, 0) is 19.1 Å². The molecule has 2 saturated heterocycles. The molecule has 7 nitrogen and oxygen atoms in total. The Kier molecular flexibility index (Phi) is 6.76. The van der Waals surface area contributed by atoms with Crippen LogP contribution in [0.4, 0.5) is 0 Å². The summed E-state index contributed by atoms with van der Waals surface area (Å²) in [5.74, 6) is 0.883. The van der Waals surface area contributed by atoms with Crippen LogP contribution in [0.15, 0.2) is 0 Å². The van der Waals surface area contributed by atoms with E-state index in [0.29, 0.717) is 30.8 Å². The van der Waals surface area contributed by atoms with Crippen molar-refractivity contribution in [3.8, 4) is 0 Å². The molecule has 27 heavy (non-hydrogen) atoms. The number of piperidine rings is 1. The molecule has 5 atom stereocenters. The maximum Gasteiger partial charge on any atom is 0.353 e. The molecule has 0 aromatic carbocycles. The van der Waals surface area contributed by atoms with Crippen molar-refractivity contribution in [3.05, 3.63) is 0 Å². The van der Waals surface area contributed by atoms with Crippen molar-refractivity contribution in [2.24, 2.45) is 17.8 Å². The number of hydrogen-bond donors (Lipinski definition) is 2. The molecule has 0 spiro atoms. The number of aliphatic hydroxyl groups is 1. The summed E-state index contributed by atoms with van der Waals surface area (Å²) >= 11 is 0. The first-order valence-corrected chi connectivity index (χ1v) is 10.5. The maximum atomic E-state index is 12.3. The van der Waals surface area contributed by atoms with Crippen LogP contribution < -0.4 is 5.32 Å². The number of fused-ring (bicyclic) bond motifs is 1. The lowest BCUT2D eigenvalue weighted by atomic mass is 9.69. The van der Waals surface area contributed by atoms with E-state index in [1.54, 1.807) is 6.92 Å². The van der Waals surface area contributed by atoms with Crippen molar-refractivity contribution < 1.29 is 24.2 Å². The third-order valence-electron chi connectivity index (χ3n) is 6.54. The van der Waals surface area contributed by atoms with Crippen LogP contribution in [0.2, 0.25) is 0 Å². The highest BCUT2D eigenvalue weighted by Gasteiger charge is 2.48. The monoisotopic (exact) mass is 382 g/mol. The van der Waals surface area contributed by atoms with Crippen molar-refractivity contribution in [1.82, 2.24) is 10.2 Å². The Morgan fingerprint density at radius 3 is 2.67 bits per heavy atom. The van der Waals surface area contributed by atoms with E-state index in [9.17, 15) is 14.7 Å². The SMILES string of the molecule is CCOC(=O)C1CC2CC(CN3CCC[C@]3(O)C(=O)OCC)CCC2CN1. The molecule has 0 amide bonds. The van der Waals surface area contributed by atoms with Crippen molar-refractivity contribution >= 4 is 11.9 Å². The second-order valence-corrected chi connectivity index (χ2v) is 8.23. The molecule has 0 bridgehead atoms. The first kappa shape index (κ1) is 20.6. The maximum absolute atomic E-state index is 12.3. The first-order valence-electron chi connectivity index (χ1n) is 10.5. The number of rotatable bonds is 6. The van der Waals surface area contributed by atoms with Gasteiger partial charge in [0.05, 0.1) is 13.2 Å². The zero-order valence-corrected chi connectivity index (χ0v) is 16.6. The third kappa shape index (κ3) is 4.46. The minimum atomic E-state index is -1.46. The molecule has 1 saturated carbocycles. The molecule has 0 aromatic heterocycles. The van der Waals surface area contributed by atoms with Gasteiger partial charge in [0.1, 0.15) is 6.04 Å². The molecule has 154 valence electrons. The van der Waals surface area contributed by atoms with Crippen LogP contribution in [0.3, 0.4) is 0 Å². The summed E-state index contributed by atoms with van der Waals surface area (Å²) in [7, 11) is 0. The van der Waals surface area contributed by atoms with E-state index in [2.05, 4.69) is 5.32 Å². The molecular formula is C20H34N2O5. The van der Waals surface area contributed by atoms with Crippen LogP contribution in [0.25, 0.3) is 0 Å². The summed E-state index contributed by atoms with van der Waals surface area (Å²) in [4.78, 5) is 26.2. The summed E-state index contributed by atoms with van der Waals surface area (Å²) in [6, 6.07) is -0.201. The highest BCUT2D eigenvalue weighted by molar-refractivity contribution is 5.79. The molecule has 2 N–H and O–H groups in total. The lowest BCUT2D eigenvalue weighted by Gasteiger charge is -2.43. The van der Waals surface area contributed by atoms with Gasteiger partial charge in [0, 0.05) is 19.5 Å². The van der Waals surface area contributed by atoms with Gasteiger partial charge in [-0.3, -0.25) is 9.69 Å². The molecule has 3 rings (SSSR count). The van der Waals surface area contributed by atoms with E-state index >= 15 is 0 Å². The Labute approximate surface area is 161 Å². The van der Waals surface area contributed by atoms with Gasteiger partial charge in [-0.25, -0.2) is 4.79 Å². The molecule has 2 aliphatic heterocycles. The summed E-state index contributed by atoms with van der Waals surface area (Å²) in [6.45, 7) is 6.61. The fraction of sp³-hybridized carbons (Fsp3) is 0.900. The van der Waals surface area contributed by atoms with Crippen LogP contribution in [0.1, 0.15) is 52.4 Å². The van der Waals surface area contributed by atoms with Gasteiger partial charge in [-0.15, -0.1) is 0 Å². The van der Waals surface area contributed by atoms with Gasteiger partial charge < -0.3 is 19.9 Å². The van der Waals surface area contributed by atoms with Crippen molar-refractivity contribution in [2.75, 3.05) is 32.8 Å². The number of ether oxygens (including phenoxy) is 2. The van der Waals surface area contributed by atoms with Crippen LogP contribution >= 0.6 is 0 Å². The molecule has 7 heteroatoms. The Bertz CT molecular complexity index is 542. The number of hydrogen-bond acceptors (Lipinski definition) is 7. The summed E-state index contributed by atoms with van der Waals surface area (Å²) in [6.07, 6.45) is 5.34. The Balaban J connectivity index is 1.57. The Morgan fingerprint density at radius 1 is 1.15 bits per heavy atom. The second kappa shape index (κ2) is 8.88.